The minimum atomic E-state index is 0.331. The van der Waals surface area contributed by atoms with Crippen LogP contribution in [0.5, 0.6) is 0 Å². The SMILES string of the molecule is [C-]#[N+]c1c(C)cc(C)nc1N. The lowest BCUT2D eigenvalue weighted by Crippen LogP contribution is -1.93. The van der Waals surface area contributed by atoms with Crippen LogP contribution in [0, 0.1) is 20.4 Å². The van der Waals surface area contributed by atoms with Crippen LogP contribution in [0.3, 0.4) is 0 Å². The van der Waals surface area contributed by atoms with Gasteiger partial charge in [0.2, 0.25) is 5.69 Å². The van der Waals surface area contributed by atoms with Crippen LogP contribution in [-0.4, -0.2) is 4.98 Å². The second-order valence-electron chi connectivity index (χ2n) is 2.43. The summed E-state index contributed by atoms with van der Waals surface area (Å²) >= 11 is 0. The number of nitrogen functional groups attached to an aromatic ring is 1. The molecule has 1 rings (SSSR count). The molecule has 0 atom stereocenters. The lowest BCUT2D eigenvalue weighted by Gasteiger charge is -2.01. The molecule has 1 aromatic rings. The average Bonchev–Trinajstić information content (AvgIpc) is 1.85. The normalized spacial score (nSPS) is 9.18. The summed E-state index contributed by atoms with van der Waals surface area (Å²) in [5.41, 5.74) is 7.72. The molecular formula is C8H9N3. The van der Waals surface area contributed by atoms with Gasteiger partial charge in [0.1, 0.15) is 5.82 Å². The molecule has 0 saturated heterocycles. The fourth-order valence-electron chi connectivity index (χ4n) is 1.00. The van der Waals surface area contributed by atoms with E-state index in [2.05, 4.69) is 9.83 Å². The van der Waals surface area contributed by atoms with Crippen LogP contribution in [0.2, 0.25) is 0 Å². The molecule has 0 radical (unpaired) electrons. The summed E-state index contributed by atoms with van der Waals surface area (Å²) in [6, 6.07) is 1.85. The predicted molar refractivity (Wildman–Crippen MR) is 44.4 cm³/mol. The van der Waals surface area contributed by atoms with E-state index in [9.17, 15) is 0 Å². The molecule has 0 fully saturated rings. The van der Waals surface area contributed by atoms with Crippen molar-refractivity contribution in [2.75, 3.05) is 5.73 Å². The topological polar surface area (TPSA) is 43.3 Å². The zero-order valence-corrected chi connectivity index (χ0v) is 6.55. The third-order valence-electron chi connectivity index (χ3n) is 1.45. The van der Waals surface area contributed by atoms with Gasteiger partial charge in [-0.2, -0.15) is 0 Å². The smallest absolute Gasteiger partial charge is 0.230 e. The van der Waals surface area contributed by atoms with Gasteiger partial charge in [-0.05, 0) is 25.5 Å². The van der Waals surface area contributed by atoms with Crippen molar-refractivity contribution >= 4 is 11.5 Å². The van der Waals surface area contributed by atoms with Crippen molar-refractivity contribution in [3.63, 3.8) is 0 Å². The maximum absolute atomic E-state index is 6.80. The zero-order chi connectivity index (χ0) is 8.43. The van der Waals surface area contributed by atoms with Crippen molar-refractivity contribution in [2.24, 2.45) is 0 Å². The van der Waals surface area contributed by atoms with Crippen LogP contribution in [-0.2, 0) is 0 Å². The molecule has 0 saturated carbocycles. The van der Waals surface area contributed by atoms with E-state index in [4.69, 9.17) is 12.3 Å². The second-order valence-corrected chi connectivity index (χ2v) is 2.43. The van der Waals surface area contributed by atoms with Gasteiger partial charge in [-0.25, -0.2) is 9.83 Å². The van der Waals surface area contributed by atoms with E-state index in [0.717, 1.165) is 11.3 Å². The monoisotopic (exact) mass is 147 g/mol. The number of aromatic nitrogens is 1. The quantitative estimate of drug-likeness (QED) is 0.569. The van der Waals surface area contributed by atoms with E-state index in [-0.39, 0.29) is 0 Å². The summed E-state index contributed by atoms with van der Waals surface area (Å²) in [6.07, 6.45) is 0. The Morgan fingerprint density at radius 1 is 1.55 bits per heavy atom. The van der Waals surface area contributed by atoms with Crippen LogP contribution in [0.25, 0.3) is 4.85 Å². The van der Waals surface area contributed by atoms with Gasteiger partial charge in [-0.15, -0.1) is 0 Å². The second kappa shape index (κ2) is 2.59. The van der Waals surface area contributed by atoms with Crippen molar-refractivity contribution < 1.29 is 0 Å². The molecule has 0 bridgehead atoms. The largest absolute Gasteiger partial charge is 0.392 e. The van der Waals surface area contributed by atoms with Crippen LogP contribution in [0.15, 0.2) is 6.07 Å². The highest BCUT2D eigenvalue weighted by atomic mass is 14.9. The number of nitrogens with two attached hydrogens (primary N) is 1. The molecular weight excluding hydrogens is 138 g/mol. The van der Waals surface area contributed by atoms with Gasteiger partial charge < -0.3 is 5.73 Å². The Morgan fingerprint density at radius 2 is 2.18 bits per heavy atom. The zero-order valence-electron chi connectivity index (χ0n) is 6.55. The molecule has 1 aromatic heterocycles. The molecule has 3 heteroatoms. The van der Waals surface area contributed by atoms with E-state index in [1.54, 1.807) is 0 Å². The molecule has 11 heavy (non-hydrogen) atoms. The molecule has 0 aliphatic rings. The maximum atomic E-state index is 6.80. The summed E-state index contributed by atoms with van der Waals surface area (Å²) in [4.78, 5) is 7.24. The van der Waals surface area contributed by atoms with Gasteiger partial charge >= 0.3 is 0 Å². The number of rotatable bonds is 0. The van der Waals surface area contributed by atoms with E-state index in [1.165, 1.54) is 0 Å². The third kappa shape index (κ3) is 1.30. The summed E-state index contributed by atoms with van der Waals surface area (Å²) in [5.74, 6) is 0.331. The first-order valence-corrected chi connectivity index (χ1v) is 3.26. The van der Waals surface area contributed by atoms with Crippen molar-refractivity contribution in [1.29, 1.82) is 0 Å². The Hall–Kier alpha value is -1.56. The number of hydrogen-bond acceptors (Lipinski definition) is 2. The van der Waals surface area contributed by atoms with Gasteiger partial charge in [0.25, 0.3) is 0 Å². The van der Waals surface area contributed by atoms with E-state index >= 15 is 0 Å². The Balaban J connectivity index is 3.40. The lowest BCUT2D eigenvalue weighted by molar-refractivity contribution is 1.19. The highest BCUT2D eigenvalue weighted by Crippen LogP contribution is 2.24. The Morgan fingerprint density at radius 3 is 2.64 bits per heavy atom. The minimum absolute atomic E-state index is 0.331. The van der Waals surface area contributed by atoms with Crippen molar-refractivity contribution in [1.82, 2.24) is 4.98 Å². The Bertz CT molecular complexity index is 300. The number of anilines is 1. The maximum Gasteiger partial charge on any atom is 0.230 e. The summed E-state index contributed by atoms with van der Waals surface area (Å²) in [7, 11) is 0. The molecule has 3 nitrogen and oxygen atoms in total. The van der Waals surface area contributed by atoms with Crippen LogP contribution in [0.1, 0.15) is 11.3 Å². The molecule has 2 N–H and O–H groups in total. The van der Waals surface area contributed by atoms with Crippen LogP contribution >= 0.6 is 0 Å². The van der Waals surface area contributed by atoms with Gasteiger partial charge in [0.15, 0.2) is 0 Å². The fourth-order valence-corrected chi connectivity index (χ4v) is 1.00. The van der Waals surface area contributed by atoms with E-state index < -0.39 is 0 Å². The summed E-state index contributed by atoms with van der Waals surface area (Å²) in [5, 5.41) is 0. The van der Waals surface area contributed by atoms with Gasteiger partial charge in [0.05, 0.1) is 6.57 Å². The third-order valence-corrected chi connectivity index (χ3v) is 1.45. The van der Waals surface area contributed by atoms with Crippen molar-refractivity contribution in [3.8, 4) is 0 Å². The summed E-state index contributed by atoms with van der Waals surface area (Å²) in [6.45, 7) is 10.5. The highest BCUT2D eigenvalue weighted by molar-refractivity contribution is 5.67. The molecule has 0 amide bonds. The molecule has 0 aromatic carbocycles. The fraction of sp³-hybridized carbons (Fsp3) is 0.250. The Kier molecular flexibility index (Phi) is 1.77. The number of hydrogen-bond donors (Lipinski definition) is 1. The number of aryl methyl sites for hydroxylation is 2. The first-order valence-electron chi connectivity index (χ1n) is 3.26. The first-order chi connectivity index (χ1) is 5.15. The first kappa shape index (κ1) is 7.55. The van der Waals surface area contributed by atoms with Gasteiger partial charge in [0, 0.05) is 5.69 Å². The standard InChI is InChI=1S/C8H9N3/c1-5-4-6(2)11-8(9)7(5)10-3/h4H,1-2H3,(H2,9,11). The molecule has 56 valence electrons. The number of nitrogens with zero attached hydrogens (tertiary/aromatic N) is 2. The van der Waals surface area contributed by atoms with Gasteiger partial charge in [-0.3, -0.25) is 0 Å². The Labute approximate surface area is 65.7 Å². The minimum Gasteiger partial charge on any atom is -0.392 e. The highest BCUT2D eigenvalue weighted by Gasteiger charge is 2.03. The van der Waals surface area contributed by atoms with E-state index in [1.807, 2.05) is 19.9 Å². The molecule has 0 spiro atoms. The predicted octanol–water partition coefficient (Wildman–Crippen LogP) is 1.83. The lowest BCUT2D eigenvalue weighted by atomic mass is 10.2. The van der Waals surface area contributed by atoms with Crippen LogP contribution in [0.4, 0.5) is 11.5 Å². The molecule has 1 heterocycles. The van der Waals surface area contributed by atoms with Crippen molar-refractivity contribution in [3.05, 3.63) is 28.7 Å². The average molecular weight is 147 g/mol. The van der Waals surface area contributed by atoms with Gasteiger partial charge in [-0.1, -0.05) is 0 Å². The molecule has 0 unspecified atom stereocenters. The van der Waals surface area contributed by atoms with E-state index in [0.29, 0.717) is 11.5 Å². The molecule has 0 aliphatic carbocycles. The molecule has 0 aliphatic heterocycles. The summed E-state index contributed by atoms with van der Waals surface area (Å²) < 4.78 is 0. The van der Waals surface area contributed by atoms with Crippen molar-refractivity contribution in [2.45, 2.75) is 13.8 Å². The van der Waals surface area contributed by atoms with Crippen LogP contribution < -0.4 is 5.73 Å². The number of pyridine rings is 1.